The van der Waals surface area contributed by atoms with Crippen LogP contribution >= 0.6 is 0 Å². The van der Waals surface area contributed by atoms with Crippen molar-refractivity contribution in [3.63, 3.8) is 0 Å². The fraction of sp³-hybridized carbons (Fsp3) is 0.375. The molecule has 1 aromatic rings. The van der Waals surface area contributed by atoms with Gasteiger partial charge in [0.1, 0.15) is 6.29 Å². The van der Waals surface area contributed by atoms with Crippen LogP contribution in [-0.4, -0.2) is 29.3 Å². The Hall–Kier alpha value is -2.50. The van der Waals surface area contributed by atoms with E-state index < -0.39 is 35.7 Å². The Morgan fingerprint density at radius 3 is 2.59 bits per heavy atom. The molecule has 6 heteroatoms. The first-order valence-electron chi connectivity index (χ1n) is 7.05. The second-order valence-corrected chi connectivity index (χ2v) is 5.64. The maximum Gasteiger partial charge on any atom is 0.317 e. The van der Waals surface area contributed by atoms with Crippen LogP contribution in [0.1, 0.15) is 29.0 Å². The van der Waals surface area contributed by atoms with E-state index in [9.17, 15) is 24.3 Å². The lowest BCUT2D eigenvalue weighted by Gasteiger charge is -2.26. The van der Waals surface area contributed by atoms with Crippen LogP contribution in [0.5, 0.6) is 0 Å². The average molecular weight is 302 g/mol. The van der Waals surface area contributed by atoms with Crippen molar-refractivity contribution in [1.82, 2.24) is 0 Å². The monoisotopic (exact) mass is 302 g/mol. The summed E-state index contributed by atoms with van der Waals surface area (Å²) in [6, 6.07) is 5.21. The van der Waals surface area contributed by atoms with Crippen molar-refractivity contribution in [1.29, 1.82) is 0 Å². The van der Waals surface area contributed by atoms with E-state index in [4.69, 9.17) is 0 Å². The van der Waals surface area contributed by atoms with E-state index in [1.54, 1.807) is 12.1 Å². The van der Waals surface area contributed by atoms with Gasteiger partial charge >= 0.3 is 17.9 Å². The van der Waals surface area contributed by atoms with Crippen molar-refractivity contribution in [2.75, 3.05) is 0 Å². The van der Waals surface area contributed by atoms with E-state index in [2.05, 4.69) is 4.74 Å². The van der Waals surface area contributed by atoms with Crippen molar-refractivity contribution in [3.8, 4) is 0 Å². The molecular formula is C16H14O6. The molecule has 0 aromatic heterocycles. The summed E-state index contributed by atoms with van der Waals surface area (Å²) in [5.41, 5.74) is 2.15. The smallest absolute Gasteiger partial charge is 0.317 e. The SMILES string of the molecule is O=CCC(C(=O)O)c1cccc2c1CC1C(=O)OC(=O)C1C2. The molecule has 1 heterocycles. The minimum atomic E-state index is -1.08. The molecule has 1 fully saturated rings. The van der Waals surface area contributed by atoms with Gasteiger partial charge in [0, 0.05) is 6.42 Å². The first-order chi connectivity index (χ1) is 10.5. The molecule has 0 bridgehead atoms. The Morgan fingerprint density at radius 2 is 1.95 bits per heavy atom. The molecule has 3 atom stereocenters. The van der Waals surface area contributed by atoms with E-state index in [0.717, 1.165) is 11.1 Å². The lowest BCUT2D eigenvalue weighted by Crippen LogP contribution is -2.29. The predicted molar refractivity (Wildman–Crippen MR) is 73.0 cm³/mol. The van der Waals surface area contributed by atoms with Crippen molar-refractivity contribution in [3.05, 3.63) is 34.9 Å². The molecule has 0 saturated carbocycles. The molecule has 1 saturated heterocycles. The topological polar surface area (TPSA) is 97.7 Å². The quantitative estimate of drug-likeness (QED) is 0.503. The molecule has 6 nitrogen and oxygen atoms in total. The summed E-state index contributed by atoms with van der Waals surface area (Å²) >= 11 is 0. The highest BCUT2D eigenvalue weighted by atomic mass is 16.6. The highest BCUT2D eigenvalue weighted by molar-refractivity contribution is 5.97. The van der Waals surface area contributed by atoms with Crippen molar-refractivity contribution in [2.24, 2.45) is 11.8 Å². The molecule has 0 radical (unpaired) electrons. The molecule has 1 aliphatic carbocycles. The highest BCUT2D eigenvalue weighted by Gasteiger charge is 2.47. The standard InChI is InChI=1S/C16H14O6/c17-5-4-10(14(18)19)9-3-1-2-8-6-12-13(7-11(8)9)16(21)22-15(12)20/h1-3,5,10,12-13H,4,6-7H2,(H,18,19). The molecule has 3 rings (SSSR count). The third kappa shape index (κ3) is 2.20. The van der Waals surface area contributed by atoms with E-state index >= 15 is 0 Å². The molecule has 1 aromatic carbocycles. The highest BCUT2D eigenvalue weighted by Crippen LogP contribution is 2.39. The van der Waals surface area contributed by atoms with Crippen LogP contribution in [0.4, 0.5) is 0 Å². The minimum Gasteiger partial charge on any atom is -0.481 e. The number of rotatable bonds is 4. The molecular weight excluding hydrogens is 288 g/mol. The van der Waals surface area contributed by atoms with Gasteiger partial charge in [-0.05, 0) is 29.5 Å². The first kappa shape index (κ1) is 14.4. The average Bonchev–Trinajstić information content (AvgIpc) is 2.76. The van der Waals surface area contributed by atoms with Crippen LogP contribution < -0.4 is 0 Å². The zero-order valence-electron chi connectivity index (χ0n) is 11.7. The second kappa shape index (κ2) is 5.36. The summed E-state index contributed by atoms with van der Waals surface area (Å²) in [5, 5.41) is 9.34. The van der Waals surface area contributed by atoms with E-state index in [1.807, 2.05) is 6.07 Å². The fourth-order valence-electron chi connectivity index (χ4n) is 3.37. The second-order valence-electron chi connectivity index (χ2n) is 5.64. The number of esters is 2. The largest absolute Gasteiger partial charge is 0.481 e. The molecule has 2 aliphatic rings. The number of cyclic esters (lactones) is 2. The minimum absolute atomic E-state index is 0.122. The van der Waals surface area contributed by atoms with Gasteiger partial charge in [0.2, 0.25) is 0 Å². The Kier molecular flexibility index (Phi) is 3.52. The number of benzene rings is 1. The number of carbonyl (C=O) groups excluding carboxylic acids is 3. The van der Waals surface area contributed by atoms with Gasteiger partial charge in [-0.1, -0.05) is 18.2 Å². The van der Waals surface area contributed by atoms with Gasteiger partial charge in [0.05, 0.1) is 17.8 Å². The van der Waals surface area contributed by atoms with Crippen molar-refractivity contribution in [2.45, 2.75) is 25.2 Å². The van der Waals surface area contributed by atoms with E-state index in [1.165, 1.54) is 0 Å². The molecule has 22 heavy (non-hydrogen) atoms. The number of aliphatic carboxylic acids is 1. The summed E-state index contributed by atoms with van der Waals surface area (Å²) in [4.78, 5) is 45.6. The van der Waals surface area contributed by atoms with Crippen molar-refractivity contribution < 1.29 is 29.0 Å². The summed E-state index contributed by atoms with van der Waals surface area (Å²) < 4.78 is 4.68. The third-order valence-electron chi connectivity index (χ3n) is 4.47. The van der Waals surface area contributed by atoms with Gasteiger partial charge in [-0.25, -0.2) is 0 Å². The maximum atomic E-state index is 11.8. The summed E-state index contributed by atoms with van der Waals surface area (Å²) in [6.07, 6.45) is 1.11. The predicted octanol–water partition coefficient (Wildman–Crippen LogP) is 0.858. The first-order valence-corrected chi connectivity index (χ1v) is 7.05. The lowest BCUT2D eigenvalue weighted by molar-refractivity contribution is -0.153. The van der Waals surface area contributed by atoms with Crippen LogP contribution in [0.15, 0.2) is 18.2 Å². The van der Waals surface area contributed by atoms with Crippen LogP contribution in [0.2, 0.25) is 0 Å². The molecule has 1 N–H and O–H groups in total. The summed E-state index contributed by atoms with van der Waals surface area (Å²) in [6.45, 7) is 0. The van der Waals surface area contributed by atoms with Gasteiger partial charge < -0.3 is 14.6 Å². The summed E-state index contributed by atoms with van der Waals surface area (Å²) in [5.74, 6) is -4.09. The Morgan fingerprint density at radius 1 is 1.27 bits per heavy atom. The number of carbonyl (C=O) groups is 4. The zero-order valence-corrected chi connectivity index (χ0v) is 11.7. The maximum absolute atomic E-state index is 11.8. The molecule has 3 unspecified atom stereocenters. The van der Waals surface area contributed by atoms with Crippen LogP contribution in [-0.2, 0) is 36.8 Å². The number of aldehydes is 1. The zero-order chi connectivity index (χ0) is 15.9. The molecule has 114 valence electrons. The van der Waals surface area contributed by atoms with Gasteiger partial charge in [-0.2, -0.15) is 0 Å². The number of ether oxygens (including phenoxy) is 1. The van der Waals surface area contributed by atoms with E-state index in [0.29, 0.717) is 18.3 Å². The van der Waals surface area contributed by atoms with Gasteiger partial charge in [0.15, 0.2) is 0 Å². The number of carboxylic acid groups (broad SMARTS) is 1. The number of hydrogen-bond donors (Lipinski definition) is 1. The molecule has 1 aliphatic heterocycles. The number of carboxylic acids is 1. The van der Waals surface area contributed by atoms with Crippen molar-refractivity contribution >= 4 is 24.2 Å². The third-order valence-corrected chi connectivity index (χ3v) is 4.47. The Labute approximate surface area is 126 Å². The lowest BCUT2D eigenvalue weighted by atomic mass is 9.74. The van der Waals surface area contributed by atoms with Crippen LogP contribution in [0.25, 0.3) is 0 Å². The molecule has 0 spiro atoms. The Bertz CT molecular complexity index is 677. The Balaban J connectivity index is 2.04. The van der Waals surface area contributed by atoms with Crippen LogP contribution in [0, 0.1) is 11.8 Å². The molecule has 0 amide bonds. The normalized spacial score (nSPS) is 24.2. The number of fused-ring (bicyclic) bond motifs is 2. The van der Waals surface area contributed by atoms with Crippen LogP contribution in [0.3, 0.4) is 0 Å². The van der Waals surface area contributed by atoms with E-state index in [-0.39, 0.29) is 12.8 Å². The summed E-state index contributed by atoms with van der Waals surface area (Å²) in [7, 11) is 0. The van der Waals surface area contributed by atoms with Gasteiger partial charge in [-0.15, -0.1) is 0 Å². The fourth-order valence-corrected chi connectivity index (χ4v) is 3.37. The van der Waals surface area contributed by atoms with Gasteiger partial charge in [0.25, 0.3) is 0 Å². The number of hydrogen-bond acceptors (Lipinski definition) is 5. The van der Waals surface area contributed by atoms with Gasteiger partial charge in [-0.3, -0.25) is 14.4 Å².